The highest BCUT2D eigenvalue weighted by atomic mass is 32.2. The first-order valence-electron chi connectivity index (χ1n) is 8.87. The summed E-state index contributed by atoms with van der Waals surface area (Å²) in [7, 11) is 0. The van der Waals surface area contributed by atoms with Crippen LogP contribution in [0.15, 0.2) is 42.5 Å². The molecule has 0 spiro atoms. The van der Waals surface area contributed by atoms with E-state index in [1.54, 1.807) is 11.8 Å². The summed E-state index contributed by atoms with van der Waals surface area (Å²) < 4.78 is 11.3. The molecule has 0 aliphatic heterocycles. The van der Waals surface area contributed by atoms with Crippen molar-refractivity contribution in [3.8, 4) is 11.5 Å². The first-order valence-corrected chi connectivity index (χ1v) is 10.3. The zero-order valence-electron chi connectivity index (χ0n) is 15.9. The van der Waals surface area contributed by atoms with Gasteiger partial charge in [0.1, 0.15) is 0 Å². The molecule has 0 saturated carbocycles. The van der Waals surface area contributed by atoms with Crippen LogP contribution in [0.2, 0.25) is 0 Å². The minimum absolute atomic E-state index is 0.0833. The van der Waals surface area contributed by atoms with E-state index in [9.17, 15) is 4.79 Å². The van der Waals surface area contributed by atoms with Gasteiger partial charge >= 0.3 is 0 Å². The van der Waals surface area contributed by atoms with Gasteiger partial charge in [-0.25, -0.2) is 0 Å². The van der Waals surface area contributed by atoms with Gasteiger partial charge in [0.05, 0.1) is 19.3 Å². The lowest BCUT2D eigenvalue weighted by molar-refractivity contribution is 0.0940. The lowest BCUT2D eigenvalue weighted by Crippen LogP contribution is -2.26. The summed E-state index contributed by atoms with van der Waals surface area (Å²) in [5.74, 6) is 2.29. The zero-order chi connectivity index (χ0) is 18.9. The Balaban J connectivity index is 2.09. The summed E-state index contributed by atoms with van der Waals surface area (Å²) in [5, 5.41) is 3.04. The van der Waals surface area contributed by atoms with Crippen molar-refractivity contribution in [2.45, 2.75) is 32.6 Å². The van der Waals surface area contributed by atoms with Crippen molar-refractivity contribution in [2.75, 3.05) is 19.5 Å². The number of carbonyl (C=O) groups is 1. The third kappa shape index (κ3) is 5.43. The molecule has 0 aromatic heterocycles. The Labute approximate surface area is 160 Å². The number of thioether (sulfide) groups is 1. The molecule has 0 aliphatic rings. The van der Waals surface area contributed by atoms with Crippen molar-refractivity contribution >= 4 is 17.7 Å². The molecule has 4 nitrogen and oxygen atoms in total. The van der Waals surface area contributed by atoms with Gasteiger partial charge in [0.25, 0.3) is 5.91 Å². The van der Waals surface area contributed by atoms with Crippen LogP contribution in [0, 0.1) is 0 Å². The van der Waals surface area contributed by atoms with E-state index < -0.39 is 0 Å². The van der Waals surface area contributed by atoms with Crippen LogP contribution in [0.3, 0.4) is 0 Å². The summed E-state index contributed by atoms with van der Waals surface area (Å²) in [6.45, 7) is 6.99. The number of carbonyl (C=O) groups excluding carboxylic acids is 1. The van der Waals surface area contributed by atoms with Crippen molar-refractivity contribution in [3.63, 3.8) is 0 Å². The Morgan fingerprint density at radius 3 is 2.31 bits per heavy atom. The van der Waals surface area contributed by atoms with Crippen LogP contribution >= 0.6 is 11.8 Å². The highest BCUT2D eigenvalue weighted by Crippen LogP contribution is 2.30. The predicted molar refractivity (Wildman–Crippen MR) is 108 cm³/mol. The fourth-order valence-electron chi connectivity index (χ4n) is 2.62. The van der Waals surface area contributed by atoms with Gasteiger partial charge in [0, 0.05) is 11.3 Å². The van der Waals surface area contributed by atoms with Crippen LogP contribution < -0.4 is 14.8 Å². The van der Waals surface area contributed by atoms with Gasteiger partial charge < -0.3 is 14.8 Å². The van der Waals surface area contributed by atoms with Crippen molar-refractivity contribution in [1.29, 1.82) is 0 Å². The fraction of sp³-hybridized carbons (Fsp3) is 0.381. The second kappa shape index (κ2) is 10.1. The first kappa shape index (κ1) is 20.2. The quantitative estimate of drug-likeness (QED) is 0.683. The maximum atomic E-state index is 12.5. The number of hydrogen-bond donors (Lipinski definition) is 1. The Morgan fingerprint density at radius 1 is 1.04 bits per heavy atom. The SMILES string of the molecule is CCOc1ccc([C@H](C)NC(=O)c2ccc(CSC)cc2)cc1OCC. The largest absolute Gasteiger partial charge is 0.490 e. The molecular weight excluding hydrogens is 346 g/mol. The van der Waals surface area contributed by atoms with Crippen LogP contribution in [0.4, 0.5) is 0 Å². The van der Waals surface area contributed by atoms with E-state index in [1.807, 2.05) is 63.2 Å². The Morgan fingerprint density at radius 2 is 1.69 bits per heavy atom. The van der Waals surface area contributed by atoms with E-state index in [0.717, 1.165) is 17.1 Å². The first-order chi connectivity index (χ1) is 12.6. The molecule has 0 aliphatic carbocycles. The number of ether oxygens (including phenoxy) is 2. The highest BCUT2D eigenvalue weighted by Gasteiger charge is 2.14. The molecule has 26 heavy (non-hydrogen) atoms. The number of benzene rings is 2. The smallest absolute Gasteiger partial charge is 0.251 e. The monoisotopic (exact) mass is 373 g/mol. The van der Waals surface area contributed by atoms with E-state index in [4.69, 9.17) is 9.47 Å². The lowest BCUT2D eigenvalue weighted by Gasteiger charge is -2.17. The predicted octanol–water partition coefficient (Wildman–Crippen LogP) is 4.84. The lowest BCUT2D eigenvalue weighted by atomic mass is 10.1. The normalized spacial score (nSPS) is 11.7. The number of amides is 1. The van der Waals surface area contributed by atoms with Gasteiger partial charge in [0.2, 0.25) is 0 Å². The molecule has 5 heteroatoms. The minimum atomic E-state index is -0.136. The Bertz CT molecular complexity index is 716. The fourth-order valence-corrected chi connectivity index (χ4v) is 3.15. The van der Waals surface area contributed by atoms with Gasteiger partial charge in [0.15, 0.2) is 11.5 Å². The van der Waals surface area contributed by atoms with Crippen LogP contribution in [0.25, 0.3) is 0 Å². The van der Waals surface area contributed by atoms with Crippen molar-refractivity contribution in [1.82, 2.24) is 5.32 Å². The average molecular weight is 374 g/mol. The summed E-state index contributed by atoms with van der Waals surface area (Å²) in [4.78, 5) is 12.5. The van der Waals surface area contributed by atoms with Gasteiger partial charge in [-0.2, -0.15) is 11.8 Å². The van der Waals surface area contributed by atoms with Crippen LogP contribution in [0.5, 0.6) is 11.5 Å². The topological polar surface area (TPSA) is 47.6 Å². The summed E-state index contributed by atoms with van der Waals surface area (Å²) in [6, 6.07) is 13.4. The summed E-state index contributed by atoms with van der Waals surface area (Å²) >= 11 is 1.76. The summed E-state index contributed by atoms with van der Waals surface area (Å²) in [6.07, 6.45) is 2.07. The van der Waals surface area contributed by atoms with Gasteiger partial charge in [-0.15, -0.1) is 0 Å². The van der Waals surface area contributed by atoms with Crippen LogP contribution in [-0.2, 0) is 5.75 Å². The van der Waals surface area contributed by atoms with E-state index >= 15 is 0 Å². The molecule has 1 amide bonds. The van der Waals surface area contributed by atoms with Crippen molar-refractivity contribution in [3.05, 3.63) is 59.2 Å². The van der Waals surface area contributed by atoms with Crippen molar-refractivity contribution < 1.29 is 14.3 Å². The number of nitrogens with one attached hydrogen (secondary N) is 1. The van der Waals surface area contributed by atoms with E-state index in [-0.39, 0.29) is 11.9 Å². The minimum Gasteiger partial charge on any atom is -0.490 e. The maximum absolute atomic E-state index is 12.5. The van der Waals surface area contributed by atoms with E-state index in [2.05, 4.69) is 11.6 Å². The molecule has 1 atom stereocenters. The molecular formula is C21H27NO3S. The standard InChI is InChI=1S/C21H27NO3S/c1-5-24-19-12-11-18(13-20(19)25-6-2)15(3)22-21(23)17-9-7-16(8-10-17)14-26-4/h7-13,15H,5-6,14H2,1-4H3,(H,22,23)/t15-/m0/s1. The van der Waals surface area contributed by atoms with E-state index in [0.29, 0.717) is 24.5 Å². The molecule has 0 radical (unpaired) electrons. The molecule has 0 bridgehead atoms. The average Bonchev–Trinajstić information content (AvgIpc) is 2.64. The molecule has 0 heterocycles. The third-order valence-electron chi connectivity index (χ3n) is 3.94. The Kier molecular flexibility index (Phi) is 7.85. The molecule has 0 fully saturated rings. The number of rotatable bonds is 9. The molecule has 2 aromatic rings. The molecule has 2 aromatic carbocycles. The molecule has 140 valence electrons. The molecule has 2 rings (SSSR count). The maximum Gasteiger partial charge on any atom is 0.251 e. The zero-order valence-corrected chi connectivity index (χ0v) is 16.7. The third-order valence-corrected chi connectivity index (χ3v) is 4.56. The Hall–Kier alpha value is -2.14. The number of hydrogen-bond acceptors (Lipinski definition) is 4. The second-order valence-corrected chi connectivity index (χ2v) is 6.76. The molecule has 1 N–H and O–H groups in total. The van der Waals surface area contributed by atoms with Crippen LogP contribution in [0.1, 0.15) is 48.3 Å². The highest BCUT2D eigenvalue weighted by molar-refractivity contribution is 7.97. The van der Waals surface area contributed by atoms with Gasteiger partial charge in [-0.1, -0.05) is 18.2 Å². The van der Waals surface area contributed by atoms with Gasteiger partial charge in [-0.05, 0) is 62.4 Å². The van der Waals surface area contributed by atoms with E-state index in [1.165, 1.54) is 5.56 Å². The van der Waals surface area contributed by atoms with Crippen LogP contribution in [-0.4, -0.2) is 25.4 Å². The summed E-state index contributed by atoms with van der Waals surface area (Å²) in [5.41, 5.74) is 2.86. The van der Waals surface area contributed by atoms with Crippen molar-refractivity contribution in [2.24, 2.45) is 0 Å². The van der Waals surface area contributed by atoms with Gasteiger partial charge in [-0.3, -0.25) is 4.79 Å². The second-order valence-electron chi connectivity index (χ2n) is 5.90. The molecule has 0 unspecified atom stereocenters. The molecule has 0 saturated heterocycles.